The van der Waals surface area contributed by atoms with Crippen LogP contribution in [0.4, 0.5) is 0 Å². The van der Waals surface area contributed by atoms with Crippen molar-refractivity contribution < 1.29 is 0 Å². The summed E-state index contributed by atoms with van der Waals surface area (Å²) >= 11 is 12.1. The highest BCUT2D eigenvalue weighted by Gasteiger charge is 2.18. The number of aryl methyl sites for hydroxylation is 2. The van der Waals surface area contributed by atoms with E-state index in [0.29, 0.717) is 10.0 Å². The lowest BCUT2D eigenvalue weighted by Gasteiger charge is -2.16. The lowest BCUT2D eigenvalue weighted by Crippen LogP contribution is -2.17. The molecule has 0 saturated carbocycles. The molecule has 0 amide bonds. The third-order valence-electron chi connectivity index (χ3n) is 2.81. The Kier molecular flexibility index (Phi) is 3.43. The lowest BCUT2D eigenvalue weighted by molar-refractivity contribution is 0.671. The van der Waals surface area contributed by atoms with Gasteiger partial charge in [0.25, 0.3) is 0 Å². The van der Waals surface area contributed by atoms with Crippen LogP contribution in [0.2, 0.25) is 10.0 Å². The molecule has 0 aliphatic heterocycles. The van der Waals surface area contributed by atoms with Crippen LogP contribution in [0.1, 0.15) is 22.9 Å². The number of nitrogens with two attached hydrogens (primary N) is 1. The molecule has 1 heterocycles. The molecule has 0 aliphatic rings. The summed E-state index contributed by atoms with van der Waals surface area (Å²) in [5.41, 5.74) is 9.06. The predicted octanol–water partition coefficient (Wildman–Crippen LogP) is 3.08. The van der Waals surface area contributed by atoms with Crippen LogP contribution in [0, 0.1) is 6.92 Å². The van der Waals surface area contributed by atoms with E-state index in [-0.39, 0.29) is 6.04 Å². The van der Waals surface area contributed by atoms with Crippen molar-refractivity contribution in [1.29, 1.82) is 0 Å². The highest BCUT2D eigenvalue weighted by molar-refractivity contribution is 6.31. The fourth-order valence-electron chi connectivity index (χ4n) is 1.86. The zero-order valence-electron chi connectivity index (χ0n) is 9.61. The molecule has 90 valence electrons. The van der Waals surface area contributed by atoms with Crippen molar-refractivity contribution in [1.82, 2.24) is 9.78 Å². The summed E-state index contributed by atoms with van der Waals surface area (Å²) in [5, 5.41) is 5.32. The first-order valence-corrected chi connectivity index (χ1v) is 5.95. The summed E-state index contributed by atoms with van der Waals surface area (Å²) in [7, 11) is 1.82. The van der Waals surface area contributed by atoms with Crippen LogP contribution < -0.4 is 5.73 Å². The van der Waals surface area contributed by atoms with Gasteiger partial charge in [-0.25, -0.2) is 0 Å². The van der Waals surface area contributed by atoms with E-state index in [2.05, 4.69) is 5.10 Å². The number of benzene rings is 1. The van der Waals surface area contributed by atoms with E-state index in [0.717, 1.165) is 16.8 Å². The minimum atomic E-state index is -0.325. The third kappa shape index (κ3) is 2.32. The Bertz CT molecular complexity index is 529. The molecule has 0 radical (unpaired) electrons. The molecule has 1 aromatic heterocycles. The van der Waals surface area contributed by atoms with E-state index in [9.17, 15) is 0 Å². The van der Waals surface area contributed by atoms with Gasteiger partial charge in [-0.05, 0) is 30.2 Å². The molecule has 2 aromatic rings. The molecule has 5 heteroatoms. The van der Waals surface area contributed by atoms with Gasteiger partial charge >= 0.3 is 0 Å². The summed E-state index contributed by atoms with van der Waals surface area (Å²) < 4.78 is 1.69. The van der Waals surface area contributed by atoms with Crippen LogP contribution in [0.3, 0.4) is 0 Å². The first-order chi connectivity index (χ1) is 8.00. The Balaban J connectivity index is 2.50. The lowest BCUT2D eigenvalue weighted by atomic mass is 9.99. The van der Waals surface area contributed by atoms with Crippen molar-refractivity contribution in [2.45, 2.75) is 13.0 Å². The van der Waals surface area contributed by atoms with Crippen molar-refractivity contribution in [2.75, 3.05) is 0 Å². The van der Waals surface area contributed by atoms with Crippen molar-refractivity contribution in [3.05, 3.63) is 51.3 Å². The minimum absolute atomic E-state index is 0.325. The molecule has 0 spiro atoms. The van der Waals surface area contributed by atoms with Crippen LogP contribution in [0.15, 0.2) is 24.4 Å². The molecule has 2 N–H and O–H groups in total. The molecule has 1 aromatic carbocycles. The van der Waals surface area contributed by atoms with Gasteiger partial charge in [0.15, 0.2) is 0 Å². The average molecular weight is 270 g/mol. The first kappa shape index (κ1) is 12.4. The summed E-state index contributed by atoms with van der Waals surface area (Å²) in [6.07, 6.45) is 1.59. The summed E-state index contributed by atoms with van der Waals surface area (Å²) in [6.45, 7) is 2.00. The number of halogens is 2. The van der Waals surface area contributed by atoms with Crippen molar-refractivity contribution in [3.63, 3.8) is 0 Å². The first-order valence-electron chi connectivity index (χ1n) is 5.19. The van der Waals surface area contributed by atoms with E-state index in [4.69, 9.17) is 28.9 Å². The summed E-state index contributed by atoms with van der Waals surface area (Å²) in [6, 6.07) is 5.33. The normalized spacial score (nSPS) is 12.8. The number of hydrogen-bond acceptors (Lipinski definition) is 2. The van der Waals surface area contributed by atoms with Gasteiger partial charge in [-0.15, -0.1) is 0 Å². The number of rotatable bonds is 2. The van der Waals surface area contributed by atoms with E-state index >= 15 is 0 Å². The summed E-state index contributed by atoms with van der Waals surface area (Å²) in [5.74, 6) is 0. The molecule has 3 nitrogen and oxygen atoms in total. The zero-order valence-corrected chi connectivity index (χ0v) is 11.1. The van der Waals surface area contributed by atoms with E-state index in [1.165, 1.54) is 0 Å². The van der Waals surface area contributed by atoms with Gasteiger partial charge in [0.1, 0.15) is 0 Å². The van der Waals surface area contributed by atoms with Gasteiger partial charge in [0.2, 0.25) is 0 Å². The second-order valence-corrected chi connectivity index (χ2v) is 4.82. The van der Waals surface area contributed by atoms with Crippen molar-refractivity contribution in [2.24, 2.45) is 12.8 Å². The number of aromatic nitrogens is 2. The maximum absolute atomic E-state index is 6.23. The fraction of sp³-hybridized carbons (Fsp3) is 0.250. The molecule has 0 aliphatic carbocycles. The maximum Gasteiger partial charge on any atom is 0.0837 e. The number of nitrogens with zero attached hydrogens (tertiary/aromatic N) is 2. The monoisotopic (exact) mass is 269 g/mol. The molecule has 2 rings (SSSR count). The predicted molar refractivity (Wildman–Crippen MR) is 70.4 cm³/mol. The zero-order chi connectivity index (χ0) is 12.6. The Morgan fingerprint density at radius 2 is 2.06 bits per heavy atom. The van der Waals surface area contributed by atoms with Crippen LogP contribution >= 0.6 is 23.2 Å². The standard InChI is InChI=1S/C12H13Cl2N3/c1-7-3-4-8(13)5-9(7)11(15)12-10(14)6-16-17(12)2/h3-6,11H,15H2,1-2H3. The third-order valence-corrected chi connectivity index (χ3v) is 3.33. The smallest absolute Gasteiger partial charge is 0.0837 e. The Morgan fingerprint density at radius 1 is 1.35 bits per heavy atom. The number of hydrogen-bond donors (Lipinski definition) is 1. The van der Waals surface area contributed by atoms with Gasteiger partial charge < -0.3 is 5.73 Å². The molecule has 0 fully saturated rings. The second-order valence-electron chi connectivity index (χ2n) is 3.98. The van der Waals surface area contributed by atoms with Crippen LogP contribution in [-0.4, -0.2) is 9.78 Å². The molecule has 0 saturated heterocycles. The van der Waals surface area contributed by atoms with Crippen molar-refractivity contribution >= 4 is 23.2 Å². The maximum atomic E-state index is 6.23. The van der Waals surface area contributed by atoms with Crippen LogP contribution in [0.5, 0.6) is 0 Å². The molecule has 1 unspecified atom stereocenters. The molecule has 0 bridgehead atoms. The Labute approximate surface area is 110 Å². The Hall–Kier alpha value is -1.03. The highest BCUT2D eigenvalue weighted by Crippen LogP contribution is 2.29. The van der Waals surface area contributed by atoms with Gasteiger partial charge in [-0.1, -0.05) is 29.3 Å². The second kappa shape index (κ2) is 4.69. The van der Waals surface area contributed by atoms with E-state index in [1.54, 1.807) is 10.9 Å². The van der Waals surface area contributed by atoms with E-state index in [1.807, 2.05) is 32.2 Å². The molecular weight excluding hydrogens is 257 g/mol. The quantitative estimate of drug-likeness (QED) is 0.911. The van der Waals surface area contributed by atoms with Gasteiger partial charge in [0, 0.05) is 12.1 Å². The van der Waals surface area contributed by atoms with Crippen LogP contribution in [-0.2, 0) is 7.05 Å². The topological polar surface area (TPSA) is 43.8 Å². The van der Waals surface area contributed by atoms with Crippen molar-refractivity contribution in [3.8, 4) is 0 Å². The highest BCUT2D eigenvalue weighted by atomic mass is 35.5. The minimum Gasteiger partial charge on any atom is -0.319 e. The van der Waals surface area contributed by atoms with Crippen LogP contribution in [0.25, 0.3) is 0 Å². The molecule has 17 heavy (non-hydrogen) atoms. The SMILES string of the molecule is Cc1ccc(Cl)cc1C(N)c1c(Cl)cnn1C. The molecule has 1 atom stereocenters. The van der Waals surface area contributed by atoms with Gasteiger partial charge in [0.05, 0.1) is 23.0 Å². The van der Waals surface area contributed by atoms with E-state index < -0.39 is 0 Å². The Morgan fingerprint density at radius 3 is 2.65 bits per heavy atom. The fourth-order valence-corrected chi connectivity index (χ4v) is 2.33. The average Bonchev–Trinajstić information content (AvgIpc) is 2.61. The van der Waals surface area contributed by atoms with Gasteiger partial charge in [-0.2, -0.15) is 5.10 Å². The summed E-state index contributed by atoms with van der Waals surface area (Å²) in [4.78, 5) is 0. The largest absolute Gasteiger partial charge is 0.319 e. The molecular formula is C12H13Cl2N3. The van der Waals surface area contributed by atoms with Gasteiger partial charge in [-0.3, -0.25) is 4.68 Å².